The first-order valence-electron chi connectivity index (χ1n) is 8.88. The first-order valence-corrected chi connectivity index (χ1v) is 8.88. The van der Waals surface area contributed by atoms with E-state index in [1.165, 1.54) is 24.0 Å². The first-order chi connectivity index (χ1) is 11.8. The molecule has 3 N–H and O–H groups in total. The minimum atomic E-state index is 0.0967. The fraction of sp³-hybridized carbons (Fsp3) is 0.429. The molecule has 1 saturated carbocycles. The monoisotopic (exact) mass is 324 g/mol. The van der Waals surface area contributed by atoms with Gasteiger partial charge in [0.1, 0.15) is 5.75 Å². The topological polar surface area (TPSA) is 47.3 Å². The Morgan fingerprint density at radius 2 is 1.83 bits per heavy atom. The maximum atomic E-state index is 6.21. The summed E-state index contributed by atoms with van der Waals surface area (Å²) < 4.78 is 5.39. The quantitative estimate of drug-likeness (QED) is 0.853. The van der Waals surface area contributed by atoms with Gasteiger partial charge < -0.3 is 15.8 Å². The van der Waals surface area contributed by atoms with E-state index in [9.17, 15) is 0 Å². The highest BCUT2D eigenvalue weighted by atomic mass is 16.5. The molecule has 24 heavy (non-hydrogen) atoms. The molecule has 128 valence electrons. The molecule has 2 aromatic carbocycles. The van der Waals surface area contributed by atoms with Crippen LogP contribution in [0, 0.1) is 0 Å². The van der Waals surface area contributed by atoms with E-state index in [1.807, 2.05) is 6.07 Å². The zero-order valence-electron chi connectivity index (χ0n) is 14.5. The van der Waals surface area contributed by atoms with E-state index in [2.05, 4.69) is 53.8 Å². The second kappa shape index (κ2) is 7.82. The van der Waals surface area contributed by atoms with Crippen LogP contribution < -0.4 is 15.8 Å². The second-order valence-corrected chi connectivity index (χ2v) is 6.86. The van der Waals surface area contributed by atoms with Gasteiger partial charge in [0, 0.05) is 24.5 Å². The lowest BCUT2D eigenvalue weighted by atomic mass is 9.68. The third-order valence-corrected chi connectivity index (χ3v) is 5.45. The van der Waals surface area contributed by atoms with Crippen LogP contribution in [0.2, 0.25) is 0 Å². The molecule has 3 nitrogen and oxygen atoms in total. The van der Waals surface area contributed by atoms with Crippen LogP contribution in [-0.2, 0) is 12.0 Å². The van der Waals surface area contributed by atoms with Gasteiger partial charge in [-0.25, -0.2) is 0 Å². The number of hydrogen-bond donors (Lipinski definition) is 2. The summed E-state index contributed by atoms with van der Waals surface area (Å²) in [5, 5.41) is 3.71. The molecule has 0 aromatic heterocycles. The summed E-state index contributed by atoms with van der Waals surface area (Å²) in [6.45, 7) is 1.64. The Morgan fingerprint density at radius 1 is 1.08 bits per heavy atom. The lowest BCUT2D eigenvalue weighted by Crippen LogP contribution is -2.43. The van der Waals surface area contributed by atoms with Crippen LogP contribution in [0.3, 0.4) is 0 Å². The Hall–Kier alpha value is -1.84. The van der Waals surface area contributed by atoms with E-state index < -0.39 is 0 Å². The van der Waals surface area contributed by atoms with Crippen LogP contribution in [0.1, 0.15) is 36.8 Å². The molecule has 0 spiro atoms. The van der Waals surface area contributed by atoms with Crippen molar-refractivity contribution in [3.63, 3.8) is 0 Å². The minimum absolute atomic E-state index is 0.0967. The van der Waals surface area contributed by atoms with Crippen LogP contribution in [0.5, 0.6) is 5.75 Å². The van der Waals surface area contributed by atoms with E-state index in [1.54, 1.807) is 7.11 Å². The molecule has 1 fully saturated rings. The minimum Gasteiger partial charge on any atom is -0.497 e. The molecular formula is C21H28N2O. The van der Waals surface area contributed by atoms with Crippen molar-refractivity contribution in [2.45, 2.75) is 43.7 Å². The van der Waals surface area contributed by atoms with Crippen molar-refractivity contribution in [2.24, 2.45) is 5.73 Å². The van der Waals surface area contributed by atoms with Gasteiger partial charge in [-0.05, 0) is 48.9 Å². The van der Waals surface area contributed by atoms with Crippen LogP contribution in [0.15, 0.2) is 54.6 Å². The van der Waals surface area contributed by atoms with Gasteiger partial charge in [0.25, 0.3) is 0 Å². The molecule has 0 atom stereocenters. The maximum absolute atomic E-state index is 6.21. The highest BCUT2D eigenvalue weighted by molar-refractivity contribution is 5.35. The number of ether oxygens (including phenoxy) is 1. The number of nitrogens with one attached hydrogen (secondary N) is 1. The standard InChI is InChI=1S/C21H28N2O/c1-24-20-9-5-8-18(14-20)21(16-22)12-10-19(11-13-21)23-15-17-6-3-2-4-7-17/h2-9,14,19,23H,10-13,15-16,22H2,1H3/t19-,21+. The third-order valence-electron chi connectivity index (χ3n) is 5.45. The van der Waals surface area contributed by atoms with Crippen LogP contribution in [-0.4, -0.2) is 19.7 Å². The van der Waals surface area contributed by atoms with Gasteiger partial charge in [-0.1, -0.05) is 42.5 Å². The van der Waals surface area contributed by atoms with Gasteiger partial charge in [-0.15, -0.1) is 0 Å². The molecule has 0 heterocycles. The molecule has 2 aromatic rings. The smallest absolute Gasteiger partial charge is 0.119 e. The molecule has 3 rings (SSSR count). The Kier molecular flexibility index (Phi) is 5.54. The van der Waals surface area contributed by atoms with Crippen molar-refractivity contribution in [3.8, 4) is 5.75 Å². The Labute approximate surface area is 145 Å². The van der Waals surface area contributed by atoms with Crippen LogP contribution in [0.25, 0.3) is 0 Å². The van der Waals surface area contributed by atoms with Gasteiger partial charge in [-0.2, -0.15) is 0 Å². The zero-order valence-corrected chi connectivity index (χ0v) is 14.5. The number of hydrogen-bond acceptors (Lipinski definition) is 3. The van der Waals surface area contributed by atoms with E-state index >= 15 is 0 Å². The Bertz CT molecular complexity index is 633. The lowest BCUT2D eigenvalue weighted by molar-refractivity contribution is 0.250. The molecule has 0 aliphatic heterocycles. The summed E-state index contributed by atoms with van der Waals surface area (Å²) in [6, 6.07) is 19.6. The van der Waals surface area contributed by atoms with Crippen molar-refractivity contribution >= 4 is 0 Å². The molecule has 0 saturated heterocycles. The number of benzene rings is 2. The Balaban J connectivity index is 1.61. The highest BCUT2D eigenvalue weighted by Crippen LogP contribution is 2.39. The molecule has 1 aliphatic rings. The van der Waals surface area contributed by atoms with Crippen LogP contribution >= 0.6 is 0 Å². The van der Waals surface area contributed by atoms with Crippen molar-refractivity contribution in [3.05, 3.63) is 65.7 Å². The normalized spacial score (nSPS) is 23.8. The van der Waals surface area contributed by atoms with Crippen LogP contribution in [0.4, 0.5) is 0 Å². The second-order valence-electron chi connectivity index (χ2n) is 6.86. The molecule has 0 amide bonds. The zero-order chi connectivity index (χ0) is 16.8. The molecule has 1 aliphatic carbocycles. The number of nitrogens with two attached hydrogens (primary N) is 1. The van der Waals surface area contributed by atoms with Crippen molar-refractivity contribution in [1.82, 2.24) is 5.32 Å². The SMILES string of the molecule is COc1cccc([C@]2(CN)CC[C@H](NCc3ccccc3)CC2)c1. The lowest BCUT2D eigenvalue weighted by Gasteiger charge is -2.40. The van der Waals surface area contributed by atoms with E-state index in [4.69, 9.17) is 10.5 Å². The van der Waals surface area contributed by atoms with Gasteiger partial charge >= 0.3 is 0 Å². The average molecular weight is 324 g/mol. The van der Waals surface area contributed by atoms with Gasteiger partial charge in [0.15, 0.2) is 0 Å². The summed E-state index contributed by atoms with van der Waals surface area (Å²) in [7, 11) is 1.72. The molecule has 0 radical (unpaired) electrons. The van der Waals surface area contributed by atoms with E-state index in [0.717, 1.165) is 25.1 Å². The average Bonchev–Trinajstić information content (AvgIpc) is 2.67. The summed E-state index contributed by atoms with van der Waals surface area (Å²) in [5.74, 6) is 0.921. The fourth-order valence-corrected chi connectivity index (χ4v) is 3.80. The van der Waals surface area contributed by atoms with Gasteiger partial charge in [-0.3, -0.25) is 0 Å². The van der Waals surface area contributed by atoms with Crippen molar-refractivity contribution in [2.75, 3.05) is 13.7 Å². The molecule has 0 unspecified atom stereocenters. The fourth-order valence-electron chi connectivity index (χ4n) is 3.80. The summed E-state index contributed by atoms with van der Waals surface area (Å²) >= 11 is 0. The maximum Gasteiger partial charge on any atom is 0.119 e. The van der Waals surface area contributed by atoms with E-state index in [-0.39, 0.29) is 5.41 Å². The third kappa shape index (κ3) is 3.80. The molecule has 3 heteroatoms. The molecular weight excluding hydrogens is 296 g/mol. The van der Waals surface area contributed by atoms with Gasteiger partial charge in [0.2, 0.25) is 0 Å². The number of methoxy groups -OCH3 is 1. The summed E-state index contributed by atoms with van der Waals surface area (Å²) in [5.41, 5.74) is 8.98. The number of rotatable bonds is 6. The predicted octanol–water partition coefficient (Wildman–Crippen LogP) is 3.62. The van der Waals surface area contributed by atoms with Gasteiger partial charge in [0.05, 0.1) is 7.11 Å². The van der Waals surface area contributed by atoms with E-state index in [0.29, 0.717) is 12.6 Å². The highest BCUT2D eigenvalue weighted by Gasteiger charge is 2.35. The Morgan fingerprint density at radius 3 is 2.50 bits per heavy atom. The summed E-state index contributed by atoms with van der Waals surface area (Å²) in [4.78, 5) is 0. The first kappa shape index (κ1) is 17.0. The van der Waals surface area contributed by atoms with Crippen molar-refractivity contribution < 1.29 is 4.74 Å². The van der Waals surface area contributed by atoms with Crippen molar-refractivity contribution in [1.29, 1.82) is 0 Å². The largest absolute Gasteiger partial charge is 0.497 e. The predicted molar refractivity (Wildman–Crippen MR) is 99.3 cm³/mol. The summed E-state index contributed by atoms with van der Waals surface area (Å²) in [6.07, 6.45) is 4.59. The molecule has 0 bridgehead atoms.